The molecule has 0 radical (unpaired) electrons. The van der Waals surface area contributed by atoms with E-state index in [0.29, 0.717) is 6.07 Å². The lowest BCUT2D eigenvalue weighted by atomic mass is 10.0. The third-order valence-electron chi connectivity index (χ3n) is 5.30. The molecule has 0 aromatic heterocycles. The summed E-state index contributed by atoms with van der Waals surface area (Å²) in [4.78, 5) is 13.4. The van der Waals surface area contributed by atoms with E-state index in [-0.39, 0.29) is 29.0 Å². The number of amides is 1. The quantitative estimate of drug-likeness (QED) is 0.439. The van der Waals surface area contributed by atoms with Gasteiger partial charge in [-0.05, 0) is 43.3 Å². The maximum atomic E-state index is 14.8. The summed E-state index contributed by atoms with van der Waals surface area (Å²) >= 11 is 5.98. The number of phenols is 1. The highest BCUT2D eigenvalue weighted by Gasteiger charge is 2.28. The first-order valence-corrected chi connectivity index (χ1v) is 12.0. The number of likely N-dealkylation sites (N-methyl/N-ethyl adjacent to an activating group) is 1. The van der Waals surface area contributed by atoms with E-state index < -0.39 is 60.8 Å². The molecule has 184 valence electrons. The van der Waals surface area contributed by atoms with E-state index in [4.69, 9.17) is 16.3 Å². The van der Waals surface area contributed by atoms with E-state index in [1.807, 2.05) is 4.72 Å². The molecule has 12 heteroatoms. The van der Waals surface area contributed by atoms with Crippen molar-refractivity contribution >= 4 is 33.2 Å². The summed E-state index contributed by atoms with van der Waals surface area (Å²) in [5, 5.41) is 9.87. The average molecular weight is 527 g/mol. The Morgan fingerprint density at radius 1 is 1.09 bits per heavy atom. The molecule has 4 rings (SSSR count). The highest BCUT2D eigenvalue weighted by Crippen LogP contribution is 2.38. The van der Waals surface area contributed by atoms with Crippen molar-refractivity contribution in [3.05, 3.63) is 70.5 Å². The fourth-order valence-corrected chi connectivity index (χ4v) is 5.17. The van der Waals surface area contributed by atoms with Crippen molar-refractivity contribution in [2.45, 2.75) is 17.9 Å². The molecule has 0 fully saturated rings. The van der Waals surface area contributed by atoms with Gasteiger partial charge in [0.25, 0.3) is 15.9 Å². The molecule has 3 aromatic rings. The van der Waals surface area contributed by atoms with Crippen molar-refractivity contribution in [1.29, 1.82) is 0 Å². The van der Waals surface area contributed by atoms with Crippen LogP contribution in [-0.4, -0.2) is 44.0 Å². The van der Waals surface area contributed by atoms with Gasteiger partial charge in [0.05, 0.1) is 17.3 Å². The fraction of sp³-hybridized carbons (Fsp3) is 0.174. The maximum absolute atomic E-state index is 14.8. The molecule has 1 aliphatic heterocycles. The number of anilines is 1. The van der Waals surface area contributed by atoms with Crippen LogP contribution < -0.4 is 9.46 Å². The fourth-order valence-electron chi connectivity index (χ4n) is 3.69. The minimum Gasteiger partial charge on any atom is -0.505 e. The van der Waals surface area contributed by atoms with Crippen molar-refractivity contribution in [3.8, 4) is 22.6 Å². The molecule has 2 N–H and O–H groups in total. The Kier molecular flexibility index (Phi) is 6.32. The zero-order valence-corrected chi connectivity index (χ0v) is 19.8. The minimum absolute atomic E-state index is 0.00831. The second kappa shape index (κ2) is 8.97. The monoisotopic (exact) mass is 526 g/mol. The number of carbonyl (C=O) groups excluding carboxylic acids is 1. The Morgan fingerprint density at radius 3 is 2.51 bits per heavy atom. The van der Waals surface area contributed by atoms with Crippen LogP contribution in [-0.2, 0) is 10.0 Å². The smallest absolute Gasteiger partial charge is 0.265 e. The first-order valence-electron chi connectivity index (χ1n) is 10.1. The normalized spacial score (nSPS) is 17.5. The SMILES string of the molecule is C[C@H]1CN(C)C(=O)c2cc(Cl)c(O)c(c2)S(=O)(=O)Nc2cc(c(F)cc2F)-c2cc(F)ccc2O1. The lowest BCUT2D eigenvalue weighted by Gasteiger charge is -2.24. The molecule has 0 aliphatic carbocycles. The van der Waals surface area contributed by atoms with Gasteiger partial charge in [-0.2, -0.15) is 0 Å². The standard InChI is InChI=1S/C23H18ClF3N2O5S/c1-11-10-29(2)23(31)12-5-16(24)22(30)21(6-12)35(32,33)28-19-8-14(17(26)9-18(19)27)15-7-13(25)3-4-20(15)34-11/h3-9,11,28,30H,10H2,1-2H3/t11-/m0/s1. The topological polar surface area (TPSA) is 95.9 Å². The number of ether oxygens (including phenoxy) is 1. The molecule has 0 spiro atoms. The van der Waals surface area contributed by atoms with E-state index in [0.717, 1.165) is 30.3 Å². The van der Waals surface area contributed by atoms with Crippen LogP contribution in [0.5, 0.6) is 11.5 Å². The van der Waals surface area contributed by atoms with Crippen molar-refractivity contribution in [2.24, 2.45) is 0 Å². The number of fused-ring (bicyclic) bond motifs is 6. The van der Waals surface area contributed by atoms with Crippen LogP contribution in [0, 0.1) is 17.5 Å². The van der Waals surface area contributed by atoms with Crippen molar-refractivity contribution in [1.82, 2.24) is 4.90 Å². The first-order chi connectivity index (χ1) is 16.4. The number of sulfonamides is 1. The summed E-state index contributed by atoms with van der Waals surface area (Å²) < 4.78 is 77.4. The average Bonchev–Trinajstić information content (AvgIpc) is 2.77. The van der Waals surface area contributed by atoms with Crippen LogP contribution in [0.25, 0.3) is 11.1 Å². The number of rotatable bonds is 0. The highest BCUT2D eigenvalue weighted by atomic mass is 35.5. The van der Waals surface area contributed by atoms with Crippen LogP contribution in [0.3, 0.4) is 0 Å². The molecule has 0 saturated carbocycles. The van der Waals surface area contributed by atoms with Crippen LogP contribution in [0.2, 0.25) is 5.02 Å². The van der Waals surface area contributed by atoms with Gasteiger partial charge < -0.3 is 14.7 Å². The van der Waals surface area contributed by atoms with Gasteiger partial charge >= 0.3 is 0 Å². The summed E-state index contributed by atoms with van der Waals surface area (Å²) in [5.41, 5.74) is -1.31. The van der Waals surface area contributed by atoms with Crippen LogP contribution in [0.1, 0.15) is 17.3 Å². The van der Waals surface area contributed by atoms with Gasteiger partial charge in [-0.15, -0.1) is 0 Å². The van der Waals surface area contributed by atoms with Gasteiger partial charge in [-0.1, -0.05) is 11.6 Å². The minimum atomic E-state index is -4.73. The molecule has 4 bridgehead atoms. The summed E-state index contributed by atoms with van der Waals surface area (Å²) in [6, 6.07) is 6.54. The number of benzene rings is 3. The van der Waals surface area contributed by atoms with E-state index in [1.165, 1.54) is 18.0 Å². The number of hydrogen-bond acceptors (Lipinski definition) is 5. The number of nitrogens with one attached hydrogen (secondary N) is 1. The van der Waals surface area contributed by atoms with Crippen molar-refractivity contribution in [2.75, 3.05) is 18.3 Å². The lowest BCUT2D eigenvalue weighted by molar-refractivity contribution is 0.0727. The summed E-state index contributed by atoms with van der Waals surface area (Å²) in [6.45, 7) is 1.61. The summed E-state index contributed by atoms with van der Waals surface area (Å²) in [5.74, 6) is -4.61. The zero-order valence-electron chi connectivity index (χ0n) is 18.3. The number of phenolic OH excluding ortho intramolecular Hbond substituents is 1. The van der Waals surface area contributed by atoms with E-state index in [9.17, 15) is 31.5 Å². The molecule has 35 heavy (non-hydrogen) atoms. The maximum Gasteiger partial charge on any atom is 0.265 e. The number of hydrogen-bond donors (Lipinski definition) is 2. The number of carbonyl (C=O) groups is 1. The van der Waals surface area contributed by atoms with E-state index in [1.54, 1.807) is 6.92 Å². The summed E-state index contributed by atoms with van der Waals surface area (Å²) in [7, 11) is -3.30. The Balaban J connectivity index is 1.99. The predicted molar refractivity (Wildman–Crippen MR) is 123 cm³/mol. The summed E-state index contributed by atoms with van der Waals surface area (Å²) in [6.07, 6.45) is -0.685. The molecule has 3 aromatic carbocycles. The third-order valence-corrected chi connectivity index (χ3v) is 6.97. The molecule has 1 heterocycles. The second-order valence-electron chi connectivity index (χ2n) is 7.98. The van der Waals surface area contributed by atoms with Gasteiger partial charge in [-0.3, -0.25) is 9.52 Å². The molecule has 7 nitrogen and oxygen atoms in total. The third kappa shape index (κ3) is 4.73. The van der Waals surface area contributed by atoms with Gasteiger partial charge in [-0.25, -0.2) is 21.6 Å². The van der Waals surface area contributed by atoms with Gasteiger partial charge in [0.2, 0.25) is 0 Å². The molecular weight excluding hydrogens is 509 g/mol. The van der Waals surface area contributed by atoms with Gasteiger partial charge in [0, 0.05) is 29.8 Å². The first kappa shape index (κ1) is 24.7. The predicted octanol–water partition coefficient (Wildman–Crippen LogP) is 4.78. The Hall–Kier alpha value is -3.44. The highest BCUT2D eigenvalue weighted by molar-refractivity contribution is 7.92. The Bertz CT molecular complexity index is 1470. The Labute approximate surface area is 203 Å². The second-order valence-corrected chi connectivity index (χ2v) is 10.0. The number of aromatic hydroxyl groups is 1. The van der Waals surface area contributed by atoms with Crippen LogP contribution in [0.4, 0.5) is 18.9 Å². The van der Waals surface area contributed by atoms with Gasteiger partial charge in [0.15, 0.2) is 5.75 Å². The molecular formula is C23H18ClF3N2O5S. The number of halogens is 4. The van der Waals surface area contributed by atoms with E-state index >= 15 is 0 Å². The van der Waals surface area contributed by atoms with Crippen molar-refractivity contribution in [3.63, 3.8) is 0 Å². The van der Waals surface area contributed by atoms with E-state index in [2.05, 4.69) is 0 Å². The number of nitrogens with zero attached hydrogens (tertiary/aromatic N) is 1. The molecule has 0 saturated heterocycles. The molecule has 1 amide bonds. The zero-order chi connectivity index (χ0) is 25.7. The van der Waals surface area contributed by atoms with Crippen molar-refractivity contribution < 1.29 is 36.2 Å². The molecule has 0 unspecified atom stereocenters. The van der Waals surface area contributed by atoms with Crippen LogP contribution in [0.15, 0.2) is 47.4 Å². The lowest BCUT2D eigenvalue weighted by Crippen LogP contribution is -2.35. The van der Waals surface area contributed by atoms with Gasteiger partial charge in [0.1, 0.15) is 34.2 Å². The largest absolute Gasteiger partial charge is 0.505 e. The van der Waals surface area contributed by atoms with Crippen LogP contribution >= 0.6 is 11.6 Å². The molecule has 1 atom stereocenters. The Morgan fingerprint density at radius 2 is 1.80 bits per heavy atom. The molecule has 1 aliphatic rings.